The van der Waals surface area contributed by atoms with Crippen molar-refractivity contribution in [3.63, 3.8) is 0 Å². The normalized spacial score (nSPS) is 9.58. The van der Waals surface area contributed by atoms with E-state index in [0.717, 1.165) is 10.6 Å². The minimum atomic E-state index is -0.426. The summed E-state index contributed by atoms with van der Waals surface area (Å²) < 4.78 is 5.04. The SMILES string of the molecule is CCNC(=O)NNC(=O)CSc1ccc(OC)cc1. The Balaban J connectivity index is 2.27. The maximum atomic E-state index is 11.4. The van der Waals surface area contributed by atoms with Gasteiger partial charge in [0.25, 0.3) is 0 Å². The van der Waals surface area contributed by atoms with Crippen molar-refractivity contribution in [1.82, 2.24) is 16.2 Å². The van der Waals surface area contributed by atoms with Gasteiger partial charge >= 0.3 is 6.03 Å². The van der Waals surface area contributed by atoms with Crippen molar-refractivity contribution in [1.29, 1.82) is 0 Å². The molecule has 0 atom stereocenters. The van der Waals surface area contributed by atoms with Gasteiger partial charge in [0.05, 0.1) is 12.9 Å². The van der Waals surface area contributed by atoms with Crippen LogP contribution in [0, 0.1) is 0 Å². The molecule has 1 aromatic carbocycles. The number of hydrogen-bond acceptors (Lipinski definition) is 4. The Morgan fingerprint density at radius 2 is 1.89 bits per heavy atom. The van der Waals surface area contributed by atoms with Crippen LogP contribution >= 0.6 is 11.8 Å². The lowest BCUT2D eigenvalue weighted by atomic mass is 10.3. The van der Waals surface area contributed by atoms with Gasteiger partial charge < -0.3 is 10.1 Å². The number of thioether (sulfide) groups is 1. The third-order valence-electron chi connectivity index (χ3n) is 2.08. The molecule has 104 valence electrons. The van der Waals surface area contributed by atoms with Gasteiger partial charge in [-0.2, -0.15) is 0 Å². The average Bonchev–Trinajstić information content (AvgIpc) is 2.44. The number of benzene rings is 1. The van der Waals surface area contributed by atoms with Crippen molar-refractivity contribution in [2.24, 2.45) is 0 Å². The number of hydrazine groups is 1. The topological polar surface area (TPSA) is 79.5 Å². The number of methoxy groups -OCH3 is 1. The van der Waals surface area contributed by atoms with Crippen molar-refractivity contribution in [3.05, 3.63) is 24.3 Å². The molecule has 7 heteroatoms. The van der Waals surface area contributed by atoms with Crippen molar-refractivity contribution in [3.8, 4) is 5.75 Å². The lowest BCUT2D eigenvalue weighted by Crippen LogP contribution is -2.47. The molecule has 0 unspecified atom stereocenters. The lowest BCUT2D eigenvalue weighted by Gasteiger charge is -2.07. The molecular weight excluding hydrogens is 266 g/mol. The van der Waals surface area contributed by atoms with Gasteiger partial charge in [0.1, 0.15) is 5.75 Å². The average molecular weight is 283 g/mol. The van der Waals surface area contributed by atoms with E-state index < -0.39 is 6.03 Å². The molecule has 0 heterocycles. The van der Waals surface area contributed by atoms with Gasteiger partial charge in [-0.3, -0.25) is 10.2 Å². The number of hydrogen-bond donors (Lipinski definition) is 3. The van der Waals surface area contributed by atoms with E-state index in [0.29, 0.717) is 6.54 Å². The summed E-state index contributed by atoms with van der Waals surface area (Å²) >= 11 is 1.37. The fraction of sp³-hybridized carbons (Fsp3) is 0.333. The summed E-state index contributed by atoms with van der Waals surface area (Å²) in [5.74, 6) is 0.720. The summed E-state index contributed by atoms with van der Waals surface area (Å²) in [5, 5.41) is 2.50. The zero-order valence-electron chi connectivity index (χ0n) is 10.9. The molecule has 0 spiro atoms. The molecule has 19 heavy (non-hydrogen) atoms. The number of rotatable bonds is 5. The predicted molar refractivity (Wildman–Crippen MR) is 74.1 cm³/mol. The number of amides is 3. The Bertz CT molecular complexity index is 423. The Kier molecular flexibility index (Phi) is 6.59. The van der Waals surface area contributed by atoms with Crippen LogP contribution in [0.15, 0.2) is 29.2 Å². The summed E-state index contributed by atoms with van der Waals surface area (Å²) in [4.78, 5) is 23.4. The molecule has 0 bridgehead atoms. The molecule has 0 radical (unpaired) electrons. The highest BCUT2D eigenvalue weighted by atomic mass is 32.2. The second-order valence-electron chi connectivity index (χ2n) is 3.50. The highest BCUT2D eigenvalue weighted by molar-refractivity contribution is 8.00. The summed E-state index contributed by atoms with van der Waals surface area (Å²) in [6.45, 7) is 2.29. The van der Waals surface area contributed by atoms with E-state index in [1.54, 1.807) is 14.0 Å². The largest absolute Gasteiger partial charge is 0.497 e. The van der Waals surface area contributed by atoms with Crippen LogP contribution in [-0.2, 0) is 4.79 Å². The van der Waals surface area contributed by atoms with Crippen molar-refractivity contribution >= 4 is 23.7 Å². The van der Waals surface area contributed by atoms with Gasteiger partial charge in [0, 0.05) is 11.4 Å². The van der Waals surface area contributed by atoms with Gasteiger partial charge in [-0.25, -0.2) is 10.2 Å². The van der Waals surface area contributed by atoms with E-state index in [2.05, 4.69) is 16.2 Å². The van der Waals surface area contributed by atoms with Crippen molar-refractivity contribution in [2.45, 2.75) is 11.8 Å². The first-order chi connectivity index (χ1) is 9.15. The number of carbonyl (C=O) groups excluding carboxylic acids is 2. The first-order valence-corrected chi connectivity index (χ1v) is 6.73. The number of carbonyl (C=O) groups is 2. The summed E-state index contributed by atoms with van der Waals surface area (Å²) in [6.07, 6.45) is 0. The zero-order valence-corrected chi connectivity index (χ0v) is 11.7. The molecule has 0 aliphatic heterocycles. The fourth-order valence-corrected chi connectivity index (χ4v) is 1.89. The van der Waals surface area contributed by atoms with Gasteiger partial charge in [0.15, 0.2) is 0 Å². The van der Waals surface area contributed by atoms with Crippen molar-refractivity contribution < 1.29 is 14.3 Å². The Morgan fingerprint density at radius 1 is 1.21 bits per heavy atom. The van der Waals surface area contributed by atoms with Crippen LogP contribution in [0.3, 0.4) is 0 Å². The van der Waals surface area contributed by atoms with Gasteiger partial charge in [-0.15, -0.1) is 11.8 Å². The molecular formula is C12H17N3O3S. The summed E-state index contributed by atoms with van der Waals surface area (Å²) in [7, 11) is 1.60. The van der Waals surface area contributed by atoms with E-state index in [9.17, 15) is 9.59 Å². The van der Waals surface area contributed by atoms with Crippen LogP contribution in [0.25, 0.3) is 0 Å². The van der Waals surface area contributed by atoms with Gasteiger partial charge in [-0.1, -0.05) is 0 Å². The highest BCUT2D eigenvalue weighted by Gasteiger charge is 2.04. The molecule has 6 nitrogen and oxygen atoms in total. The second-order valence-corrected chi connectivity index (χ2v) is 4.55. The molecule has 3 N–H and O–H groups in total. The Labute approximate surface area is 116 Å². The summed E-state index contributed by atoms with van der Waals surface area (Å²) in [5.41, 5.74) is 4.57. The van der Waals surface area contributed by atoms with E-state index in [1.807, 2.05) is 24.3 Å². The van der Waals surface area contributed by atoms with Crippen LogP contribution in [0.2, 0.25) is 0 Å². The molecule has 1 rings (SSSR count). The third-order valence-corrected chi connectivity index (χ3v) is 3.09. The lowest BCUT2D eigenvalue weighted by molar-refractivity contribution is -0.119. The molecule has 1 aromatic rings. The van der Waals surface area contributed by atoms with E-state index in [4.69, 9.17) is 4.74 Å². The van der Waals surface area contributed by atoms with E-state index in [1.165, 1.54) is 11.8 Å². The number of nitrogens with one attached hydrogen (secondary N) is 3. The minimum absolute atomic E-state index is 0.221. The number of ether oxygens (including phenoxy) is 1. The van der Waals surface area contributed by atoms with Crippen LogP contribution < -0.4 is 20.9 Å². The molecule has 0 aliphatic rings. The smallest absolute Gasteiger partial charge is 0.333 e. The van der Waals surface area contributed by atoms with Crippen LogP contribution in [0.5, 0.6) is 5.75 Å². The van der Waals surface area contributed by atoms with Gasteiger partial charge in [0.2, 0.25) is 5.91 Å². The Hall–Kier alpha value is -1.89. The summed E-state index contributed by atoms with van der Waals surface area (Å²) in [6, 6.07) is 6.97. The van der Waals surface area contributed by atoms with Crippen LogP contribution in [0.1, 0.15) is 6.92 Å². The standard InChI is InChI=1S/C12H17N3O3S/c1-3-13-12(17)15-14-11(16)8-19-10-6-4-9(18-2)5-7-10/h4-7H,3,8H2,1-2H3,(H,14,16)(H2,13,15,17). The van der Waals surface area contributed by atoms with E-state index >= 15 is 0 Å². The van der Waals surface area contributed by atoms with Crippen LogP contribution in [-0.4, -0.2) is 31.3 Å². The molecule has 0 fully saturated rings. The first kappa shape index (κ1) is 15.2. The minimum Gasteiger partial charge on any atom is -0.497 e. The maximum absolute atomic E-state index is 11.4. The zero-order chi connectivity index (χ0) is 14.1. The molecule has 0 aliphatic carbocycles. The molecule has 0 saturated heterocycles. The number of urea groups is 1. The highest BCUT2D eigenvalue weighted by Crippen LogP contribution is 2.20. The monoisotopic (exact) mass is 283 g/mol. The molecule has 0 saturated carbocycles. The van der Waals surface area contributed by atoms with Crippen LogP contribution in [0.4, 0.5) is 4.79 Å². The quantitative estimate of drug-likeness (QED) is 0.559. The molecule has 0 aromatic heterocycles. The second kappa shape index (κ2) is 8.25. The van der Waals surface area contributed by atoms with E-state index in [-0.39, 0.29) is 11.7 Å². The van der Waals surface area contributed by atoms with Gasteiger partial charge in [-0.05, 0) is 31.2 Å². The Morgan fingerprint density at radius 3 is 2.47 bits per heavy atom. The molecule has 3 amide bonds. The predicted octanol–water partition coefficient (Wildman–Crippen LogP) is 1.14. The van der Waals surface area contributed by atoms with Crippen molar-refractivity contribution in [2.75, 3.05) is 19.4 Å². The fourth-order valence-electron chi connectivity index (χ4n) is 1.19. The maximum Gasteiger partial charge on any atom is 0.333 e. The third kappa shape index (κ3) is 6.01. The first-order valence-electron chi connectivity index (χ1n) is 5.75.